The summed E-state index contributed by atoms with van der Waals surface area (Å²) in [5, 5.41) is 16.0. The number of benzene rings is 1. The number of nitrogens with zero attached hydrogens (tertiary/aromatic N) is 3. The molecule has 0 spiro atoms. The van der Waals surface area contributed by atoms with Gasteiger partial charge in [-0.3, -0.25) is 5.01 Å². The summed E-state index contributed by atoms with van der Waals surface area (Å²) in [6.45, 7) is 2.00. The molecule has 20 heavy (non-hydrogen) atoms. The lowest BCUT2D eigenvalue weighted by molar-refractivity contribution is 0.196. The highest BCUT2D eigenvalue weighted by molar-refractivity contribution is 5.84. The van der Waals surface area contributed by atoms with Crippen LogP contribution in [0, 0.1) is 11.3 Å². The lowest BCUT2D eigenvalue weighted by Gasteiger charge is -2.27. The summed E-state index contributed by atoms with van der Waals surface area (Å²) in [6, 6.07) is 14.0. The molecule has 0 amide bonds. The van der Waals surface area contributed by atoms with Crippen molar-refractivity contribution >= 4 is 5.71 Å². The average Bonchev–Trinajstić information content (AvgIpc) is 3.11. The van der Waals surface area contributed by atoms with Crippen LogP contribution in [-0.2, 0) is 0 Å². The first-order chi connectivity index (χ1) is 9.79. The molecule has 0 saturated heterocycles. The van der Waals surface area contributed by atoms with Crippen LogP contribution < -0.4 is 0 Å². The van der Waals surface area contributed by atoms with E-state index in [1.54, 1.807) is 12.5 Å². The van der Waals surface area contributed by atoms with Crippen molar-refractivity contribution in [2.75, 3.05) is 0 Å². The molecule has 1 aliphatic heterocycles. The summed E-state index contributed by atoms with van der Waals surface area (Å²) >= 11 is 0. The second-order valence-electron chi connectivity index (χ2n) is 4.93. The second kappa shape index (κ2) is 5.22. The largest absolute Gasteiger partial charge is 0.472 e. The van der Waals surface area contributed by atoms with Crippen molar-refractivity contribution in [1.82, 2.24) is 5.01 Å². The molecule has 2 heterocycles. The quantitative estimate of drug-likeness (QED) is 0.850. The fourth-order valence-electron chi connectivity index (χ4n) is 2.58. The molecule has 0 fully saturated rings. The molecule has 1 aromatic carbocycles. The number of furan rings is 1. The summed E-state index contributed by atoms with van der Waals surface area (Å²) in [6.07, 6.45) is 4.04. The molecular formula is C16H15N3O. The third-order valence-corrected chi connectivity index (χ3v) is 3.52. The first kappa shape index (κ1) is 12.5. The van der Waals surface area contributed by atoms with Crippen molar-refractivity contribution in [3.63, 3.8) is 0 Å². The van der Waals surface area contributed by atoms with Gasteiger partial charge < -0.3 is 4.42 Å². The Morgan fingerprint density at radius 2 is 2.15 bits per heavy atom. The number of hydrogen-bond acceptors (Lipinski definition) is 4. The summed E-state index contributed by atoms with van der Waals surface area (Å²) in [7, 11) is 0. The minimum absolute atomic E-state index is 0.107. The van der Waals surface area contributed by atoms with Gasteiger partial charge in [0.05, 0.1) is 24.6 Å². The number of hydrogen-bond donors (Lipinski definition) is 0. The van der Waals surface area contributed by atoms with E-state index in [-0.39, 0.29) is 6.04 Å². The lowest BCUT2D eigenvalue weighted by atomic mass is 10.0. The van der Waals surface area contributed by atoms with Gasteiger partial charge in [0.15, 0.2) is 6.04 Å². The Balaban J connectivity index is 1.95. The molecule has 4 nitrogen and oxygen atoms in total. The van der Waals surface area contributed by atoms with E-state index in [1.807, 2.05) is 36.2 Å². The minimum Gasteiger partial charge on any atom is -0.472 e. The van der Waals surface area contributed by atoms with Crippen LogP contribution in [0.25, 0.3) is 0 Å². The zero-order valence-electron chi connectivity index (χ0n) is 11.2. The Labute approximate surface area is 117 Å². The first-order valence-electron chi connectivity index (χ1n) is 6.58. The van der Waals surface area contributed by atoms with Crippen molar-refractivity contribution in [2.24, 2.45) is 5.10 Å². The van der Waals surface area contributed by atoms with Crippen LogP contribution in [0.1, 0.15) is 36.6 Å². The highest BCUT2D eigenvalue weighted by Gasteiger charge is 2.33. The predicted molar refractivity (Wildman–Crippen MR) is 75.8 cm³/mol. The summed E-state index contributed by atoms with van der Waals surface area (Å²) in [5.41, 5.74) is 3.06. The third kappa shape index (κ3) is 2.19. The van der Waals surface area contributed by atoms with Crippen LogP contribution in [0.5, 0.6) is 0 Å². The molecule has 4 heteroatoms. The molecule has 0 unspecified atom stereocenters. The van der Waals surface area contributed by atoms with Gasteiger partial charge in [0.1, 0.15) is 0 Å². The highest BCUT2D eigenvalue weighted by Crippen LogP contribution is 2.37. The standard InChI is InChI=1S/C16H15N3O/c1-12-9-15(13-5-3-2-4-6-13)19(18-12)16(10-17)14-7-8-20-11-14/h2-8,11,15-16H,9H2,1H3/t15-,16+/m0/s1. The maximum absolute atomic E-state index is 9.51. The van der Waals surface area contributed by atoms with E-state index in [1.165, 1.54) is 5.56 Å². The fourth-order valence-corrected chi connectivity index (χ4v) is 2.58. The molecule has 100 valence electrons. The summed E-state index contributed by atoms with van der Waals surface area (Å²) in [4.78, 5) is 0. The van der Waals surface area contributed by atoms with Crippen LogP contribution in [0.2, 0.25) is 0 Å². The van der Waals surface area contributed by atoms with Crippen molar-refractivity contribution in [3.05, 3.63) is 60.1 Å². The Kier molecular flexibility index (Phi) is 3.26. The molecule has 1 aliphatic rings. The lowest BCUT2D eigenvalue weighted by Crippen LogP contribution is -2.23. The topological polar surface area (TPSA) is 52.5 Å². The van der Waals surface area contributed by atoms with Crippen molar-refractivity contribution in [3.8, 4) is 6.07 Å². The van der Waals surface area contributed by atoms with E-state index in [2.05, 4.69) is 23.3 Å². The molecule has 1 aromatic heterocycles. The van der Waals surface area contributed by atoms with Crippen LogP contribution >= 0.6 is 0 Å². The Hall–Kier alpha value is -2.54. The molecule has 0 aliphatic carbocycles. The number of hydrazone groups is 1. The molecule has 0 radical (unpaired) electrons. The van der Waals surface area contributed by atoms with E-state index < -0.39 is 6.04 Å². The van der Waals surface area contributed by atoms with E-state index in [0.717, 1.165) is 17.7 Å². The van der Waals surface area contributed by atoms with Crippen LogP contribution in [-0.4, -0.2) is 10.7 Å². The van der Waals surface area contributed by atoms with Crippen molar-refractivity contribution in [2.45, 2.75) is 25.4 Å². The van der Waals surface area contributed by atoms with Crippen molar-refractivity contribution < 1.29 is 4.42 Å². The maximum atomic E-state index is 9.51. The van der Waals surface area contributed by atoms with E-state index in [0.29, 0.717) is 0 Å². The summed E-state index contributed by atoms with van der Waals surface area (Å²) < 4.78 is 5.10. The average molecular weight is 265 g/mol. The Morgan fingerprint density at radius 1 is 1.35 bits per heavy atom. The van der Waals surface area contributed by atoms with Gasteiger partial charge in [0.2, 0.25) is 0 Å². The van der Waals surface area contributed by atoms with Crippen LogP contribution in [0.15, 0.2) is 58.4 Å². The van der Waals surface area contributed by atoms with Gasteiger partial charge >= 0.3 is 0 Å². The zero-order chi connectivity index (χ0) is 13.9. The van der Waals surface area contributed by atoms with E-state index >= 15 is 0 Å². The van der Waals surface area contributed by atoms with Gasteiger partial charge in [-0.1, -0.05) is 30.3 Å². The van der Waals surface area contributed by atoms with Gasteiger partial charge in [-0.2, -0.15) is 10.4 Å². The third-order valence-electron chi connectivity index (χ3n) is 3.52. The van der Waals surface area contributed by atoms with Crippen LogP contribution in [0.3, 0.4) is 0 Å². The van der Waals surface area contributed by atoms with E-state index in [4.69, 9.17) is 4.42 Å². The predicted octanol–water partition coefficient (Wildman–Crippen LogP) is 3.67. The highest BCUT2D eigenvalue weighted by atomic mass is 16.3. The van der Waals surface area contributed by atoms with Gasteiger partial charge in [-0.05, 0) is 18.6 Å². The first-order valence-corrected chi connectivity index (χ1v) is 6.58. The van der Waals surface area contributed by atoms with Crippen LogP contribution in [0.4, 0.5) is 0 Å². The fraction of sp³-hybridized carbons (Fsp3) is 0.250. The van der Waals surface area contributed by atoms with Gasteiger partial charge in [-0.15, -0.1) is 0 Å². The van der Waals surface area contributed by atoms with Crippen molar-refractivity contribution in [1.29, 1.82) is 5.26 Å². The van der Waals surface area contributed by atoms with Gasteiger partial charge in [0.25, 0.3) is 0 Å². The smallest absolute Gasteiger partial charge is 0.162 e. The molecule has 0 N–H and O–H groups in total. The molecule has 2 atom stereocenters. The monoisotopic (exact) mass is 265 g/mol. The molecule has 2 aromatic rings. The minimum atomic E-state index is -0.420. The maximum Gasteiger partial charge on any atom is 0.162 e. The zero-order valence-corrected chi connectivity index (χ0v) is 11.2. The molecule has 0 bridgehead atoms. The summed E-state index contributed by atoms with van der Waals surface area (Å²) in [5.74, 6) is 0. The van der Waals surface area contributed by atoms with Gasteiger partial charge in [-0.25, -0.2) is 0 Å². The number of rotatable bonds is 3. The second-order valence-corrected chi connectivity index (χ2v) is 4.93. The van der Waals surface area contributed by atoms with Gasteiger partial charge in [0, 0.05) is 17.7 Å². The Morgan fingerprint density at radius 3 is 2.80 bits per heavy atom. The SMILES string of the molecule is CC1=NN([C@H](C#N)c2ccoc2)[C@H](c2ccccc2)C1. The Bertz CT molecular complexity index is 640. The normalized spacial score (nSPS) is 19.5. The molecular weight excluding hydrogens is 250 g/mol. The molecule has 0 saturated carbocycles. The number of nitriles is 1. The molecule has 3 rings (SSSR count). The van der Waals surface area contributed by atoms with E-state index in [9.17, 15) is 5.26 Å².